The molecule has 25 nitrogen and oxygen atoms in total. The third-order valence-electron chi connectivity index (χ3n) is 19.5. The average molecular weight is 1570 g/mol. The first kappa shape index (κ1) is 80.8. The second kappa shape index (κ2) is 38.5. The van der Waals surface area contributed by atoms with Gasteiger partial charge < -0.3 is 84.3 Å². The molecule has 602 valence electrons. The van der Waals surface area contributed by atoms with Crippen LogP contribution >= 0.6 is 0 Å². The van der Waals surface area contributed by atoms with E-state index in [9.17, 15) is 4.39 Å². The number of benzene rings is 8. The van der Waals surface area contributed by atoms with Gasteiger partial charge in [0.2, 0.25) is 0 Å². The Morgan fingerprint density at radius 3 is 0.904 bits per heavy atom. The molecule has 12 aromatic rings. The summed E-state index contributed by atoms with van der Waals surface area (Å²) < 4.78 is 65.6. The summed E-state index contributed by atoms with van der Waals surface area (Å²) in [5.74, 6) is 9.46. The fourth-order valence-electron chi connectivity index (χ4n) is 14.2. The van der Waals surface area contributed by atoms with Crippen molar-refractivity contribution in [2.75, 3.05) is 107 Å². The van der Waals surface area contributed by atoms with Gasteiger partial charge in [-0.3, -0.25) is 20.4 Å². The minimum Gasteiger partial charge on any atom is -0.494 e. The Bertz CT molecular complexity index is 5150. The molecule has 0 bridgehead atoms. The zero-order valence-corrected chi connectivity index (χ0v) is 66.3. The Morgan fingerprint density at radius 1 is 0.330 bits per heavy atom. The Kier molecular flexibility index (Phi) is 27.1. The van der Waals surface area contributed by atoms with Crippen molar-refractivity contribution < 1.29 is 67.4 Å². The van der Waals surface area contributed by atoms with Gasteiger partial charge in [0.15, 0.2) is 69.3 Å². The molecule has 4 aliphatic rings. The number of H-pyrrole nitrogens is 4. The molecule has 26 heteroatoms. The first-order chi connectivity index (χ1) is 56.2. The Morgan fingerprint density at radius 2 is 0.617 bits per heavy atom. The van der Waals surface area contributed by atoms with Gasteiger partial charge in [-0.1, -0.05) is 30.3 Å². The monoisotopic (exact) mass is 1560 g/mol. The number of fused-ring (bicyclic) bond motifs is 12. The number of aromatic amines is 4. The summed E-state index contributed by atoms with van der Waals surface area (Å²) in [6.07, 6.45) is 5.34. The zero-order valence-electron chi connectivity index (χ0n) is 66.3. The molecule has 115 heavy (non-hydrogen) atoms. The molecule has 0 saturated heterocycles. The number of anilines is 8. The minimum atomic E-state index is -0.229. The summed E-state index contributed by atoms with van der Waals surface area (Å²) in [6, 6.07) is 45.4. The van der Waals surface area contributed by atoms with Gasteiger partial charge in [-0.2, -0.15) is 20.4 Å². The lowest BCUT2D eigenvalue weighted by Gasteiger charge is -2.14. The number of hydrogen-bond donors (Lipinski definition) is 12. The van der Waals surface area contributed by atoms with Crippen LogP contribution in [0.15, 0.2) is 140 Å². The first-order valence-corrected chi connectivity index (χ1v) is 39.4. The number of aliphatic hydroxyl groups excluding tert-OH is 4. The van der Waals surface area contributed by atoms with Gasteiger partial charge in [0.25, 0.3) is 0 Å². The number of hydrogen-bond acceptors (Lipinski definition) is 21. The zero-order chi connectivity index (χ0) is 80.3. The normalized spacial score (nSPS) is 11.8. The van der Waals surface area contributed by atoms with Crippen molar-refractivity contribution in [1.82, 2.24) is 40.8 Å². The van der Waals surface area contributed by atoms with Crippen LogP contribution in [0.2, 0.25) is 0 Å². The molecule has 8 aromatic carbocycles. The quantitative estimate of drug-likeness (QED) is 0.0167. The number of nitrogens with one attached hydrogen (secondary N) is 8. The Labute approximate surface area is 668 Å². The first-order valence-electron chi connectivity index (χ1n) is 39.4. The molecule has 12 N–H and O–H groups in total. The molecule has 0 unspecified atom stereocenters. The second-order valence-electron chi connectivity index (χ2n) is 27.8. The lowest BCUT2D eigenvalue weighted by atomic mass is 10.1. The predicted octanol–water partition coefficient (Wildman–Crippen LogP) is 17.0. The van der Waals surface area contributed by atoms with Crippen molar-refractivity contribution in [2.24, 2.45) is 0 Å². The molecule has 0 saturated carbocycles. The highest BCUT2D eigenvalue weighted by Crippen LogP contribution is 2.50. The largest absolute Gasteiger partial charge is 0.494 e. The van der Waals surface area contributed by atoms with Crippen LogP contribution in [-0.2, 0) is 25.7 Å². The SMILES string of the molecule is CCOc1cc2c(cc1OCCCO)-c1[nH]nc(Nc3ccc(F)c(C)c3)c1C2.CCOc1cc2c(cc1OCCCO)-c1[nH]nc(Nc3cccc(C)c3)c1C2.CCOc1cc2c(cc1OCCCO)-c1[nH]nc(Nc3cccc(C)c3)c1C2.CCOc1cccc(Nc2n[nH]c3c2Cc2cc(OCC)c(OCCCO)cc2-3)c1. The lowest BCUT2D eigenvalue weighted by molar-refractivity contribution is 0.224. The molecule has 0 spiro atoms. The lowest BCUT2D eigenvalue weighted by Crippen LogP contribution is -2.03. The summed E-state index contributed by atoms with van der Waals surface area (Å²) in [5, 5.41) is 80.1. The van der Waals surface area contributed by atoms with Gasteiger partial charge in [0.1, 0.15) is 11.6 Å². The third kappa shape index (κ3) is 19.2. The van der Waals surface area contributed by atoms with Gasteiger partial charge in [-0.05, 0) is 197 Å². The maximum absolute atomic E-state index is 13.5. The van der Waals surface area contributed by atoms with Gasteiger partial charge in [0, 0.05) is 151 Å². The highest BCUT2D eigenvalue weighted by atomic mass is 19.1. The van der Waals surface area contributed by atoms with E-state index in [4.69, 9.17) is 63.1 Å². The van der Waals surface area contributed by atoms with Gasteiger partial charge in [0.05, 0.1) is 82.2 Å². The number of nitrogens with zero attached hydrogens (tertiary/aromatic N) is 4. The van der Waals surface area contributed by atoms with E-state index in [-0.39, 0.29) is 32.2 Å². The molecule has 0 aliphatic heterocycles. The van der Waals surface area contributed by atoms with Gasteiger partial charge in [-0.15, -0.1) is 0 Å². The van der Waals surface area contributed by atoms with Crippen LogP contribution < -0.4 is 63.9 Å². The molecular formula is C89H101FN12O13. The summed E-state index contributed by atoms with van der Waals surface area (Å²) >= 11 is 0. The van der Waals surface area contributed by atoms with Gasteiger partial charge in [-0.25, -0.2) is 4.39 Å². The van der Waals surface area contributed by atoms with Crippen LogP contribution in [-0.4, -0.2) is 147 Å². The molecule has 0 amide bonds. The number of aryl methyl sites for hydroxylation is 3. The van der Waals surface area contributed by atoms with Crippen molar-refractivity contribution in [3.63, 3.8) is 0 Å². The van der Waals surface area contributed by atoms with Crippen LogP contribution in [0.25, 0.3) is 45.0 Å². The molecular weight excluding hydrogens is 1460 g/mol. The van der Waals surface area contributed by atoms with Crippen LogP contribution in [0.4, 0.5) is 50.4 Å². The molecule has 0 radical (unpaired) electrons. The molecule has 4 heterocycles. The van der Waals surface area contributed by atoms with Crippen LogP contribution in [0.1, 0.15) is 121 Å². The number of halogens is 1. The van der Waals surface area contributed by atoms with Crippen LogP contribution in [0, 0.1) is 26.6 Å². The fourth-order valence-corrected chi connectivity index (χ4v) is 14.2. The number of aromatic nitrogens is 8. The molecule has 4 aliphatic carbocycles. The fraction of sp³-hybridized carbons (Fsp3) is 0.326. The number of aliphatic hydroxyl groups is 4. The standard InChI is InChI=1S/C23H27N3O4.C22H24FN3O3.2C22H25N3O3/c1-3-28-17-8-5-7-16(13-17)24-23-19-11-15-12-20(29-4-2)21(30-10-6-9-27)14-18(15)22(19)25-26-23;1-3-28-19-11-14-10-17-21(16(14)12-20(19)29-8-4-7-27)25-26-22(17)24-15-5-6-18(23)13(2)9-15;2*1-3-27-19-12-15-11-18-21(17(15)13-20(19)28-9-5-8-26)24-25-22(18)23-16-7-4-6-14(2)10-16/h5,7-8,12-14,27H,3-4,6,9-11H2,1-2H3,(H2,24,25,26);5-6,9,11-12,27H,3-4,7-8,10H2,1-2H3,(H2,24,25,26);2*4,6-7,10,12-13,26H,3,5,8-9,11H2,1-2H3,(H2,23,24,25). The van der Waals surface area contributed by atoms with Crippen molar-refractivity contribution >= 4 is 46.0 Å². The van der Waals surface area contributed by atoms with Crippen LogP contribution in [0.5, 0.6) is 51.7 Å². The third-order valence-corrected chi connectivity index (χ3v) is 19.5. The Hall–Kier alpha value is -12.2. The highest BCUT2D eigenvalue weighted by Gasteiger charge is 2.32. The molecule has 0 fully saturated rings. The van der Waals surface area contributed by atoms with E-state index < -0.39 is 0 Å². The van der Waals surface area contributed by atoms with Crippen molar-refractivity contribution in [3.05, 3.63) is 207 Å². The minimum absolute atomic E-state index is 0.0808. The van der Waals surface area contributed by atoms with E-state index >= 15 is 0 Å². The maximum atomic E-state index is 13.5. The van der Waals surface area contributed by atoms with E-state index in [0.717, 1.165) is 161 Å². The average Bonchev–Trinajstić information content (AvgIpc) is 1.63. The van der Waals surface area contributed by atoms with Gasteiger partial charge >= 0.3 is 0 Å². The van der Waals surface area contributed by atoms with Crippen molar-refractivity contribution in [1.29, 1.82) is 0 Å². The summed E-state index contributed by atoms with van der Waals surface area (Å²) in [6.45, 7) is 20.7. The molecule has 16 rings (SSSR count). The van der Waals surface area contributed by atoms with E-state index in [1.165, 1.54) is 33.9 Å². The van der Waals surface area contributed by atoms with Crippen LogP contribution in [0.3, 0.4) is 0 Å². The second-order valence-corrected chi connectivity index (χ2v) is 27.8. The summed E-state index contributed by atoms with van der Waals surface area (Å²) in [7, 11) is 0. The van der Waals surface area contributed by atoms with E-state index in [0.29, 0.717) is 126 Å². The summed E-state index contributed by atoms with van der Waals surface area (Å²) in [5.41, 5.74) is 24.1. The summed E-state index contributed by atoms with van der Waals surface area (Å²) in [4.78, 5) is 0. The topological polar surface area (TPSA) is 327 Å². The van der Waals surface area contributed by atoms with E-state index in [1.54, 1.807) is 19.1 Å². The van der Waals surface area contributed by atoms with Crippen molar-refractivity contribution in [2.45, 2.75) is 107 Å². The smallest absolute Gasteiger partial charge is 0.161 e. The predicted molar refractivity (Wildman–Crippen MR) is 445 cm³/mol. The van der Waals surface area contributed by atoms with Crippen molar-refractivity contribution in [3.8, 4) is 96.8 Å². The van der Waals surface area contributed by atoms with E-state index in [1.807, 2.05) is 120 Å². The highest BCUT2D eigenvalue weighted by molar-refractivity contribution is 5.86. The molecule has 0 atom stereocenters. The maximum Gasteiger partial charge on any atom is 0.161 e. The number of ether oxygens (including phenoxy) is 9. The number of rotatable bonds is 34. The molecule has 4 aromatic heterocycles. The van der Waals surface area contributed by atoms with E-state index in [2.05, 4.69) is 112 Å². The Balaban J connectivity index is 0.000000134.